The van der Waals surface area contributed by atoms with Crippen LogP contribution in [0.1, 0.15) is 65.2 Å². The summed E-state index contributed by atoms with van der Waals surface area (Å²) in [7, 11) is 1.06. The number of hydrogen-bond acceptors (Lipinski definition) is 1. The molecule has 0 amide bonds. The van der Waals surface area contributed by atoms with E-state index in [1.807, 2.05) is 0 Å². The average molecular weight is 245 g/mol. The summed E-state index contributed by atoms with van der Waals surface area (Å²) < 4.78 is 0. The minimum absolute atomic E-state index is 0.894. The van der Waals surface area contributed by atoms with Gasteiger partial charge in [-0.1, -0.05) is 58.8 Å². The van der Waals surface area contributed by atoms with E-state index in [9.17, 15) is 0 Å². The lowest BCUT2D eigenvalue weighted by molar-refractivity contribution is 0.508. The zero-order chi connectivity index (χ0) is 12.1. The molecule has 0 fully saturated rings. The number of nitrogens with one attached hydrogen (secondary N) is 1. The van der Waals surface area contributed by atoms with E-state index in [0.29, 0.717) is 0 Å². The van der Waals surface area contributed by atoms with Crippen molar-refractivity contribution in [1.29, 1.82) is 0 Å². The molecule has 1 nitrogen and oxygen atoms in total. The Morgan fingerprint density at radius 2 is 1.44 bits per heavy atom. The Morgan fingerprint density at radius 1 is 0.875 bits per heavy atom. The molecule has 0 bridgehead atoms. The van der Waals surface area contributed by atoms with Gasteiger partial charge < -0.3 is 5.32 Å². The zero-order valence-electron chi connectivity index (χ0n) is 11.6. The summed E-state index contributed by atoms with van der Waals surface area (Å²) in [6.07, 6.45) is 12.7. The molecule has 0 spiro atoms. The highest BCUT2D eigenvalue weighted by molar-refractivity contribution is 7.36. The van der Waals surface area contributed by atoms with Gasteiger partial charge in [-0.15, -0.1) is 8.58 Å². The quantitative estimate of drug-likeness (QED) is 0.391. The van der Waals surface area contributed by atoms with Crippen LogP contribution in [-0.2, 0) is 0 Å². The second-order valence-corrected chi connectivity index (χ2v) is 6.25. The van der Waals surface area contributed by atoms with Crippen LogP contribution in [0.5, 0.6) is 0 Å². The van der Waals surface area contributed by atoms with E-state index < -0.39 is 0 Å². The molecule has 0 aliphatic heterocycles. The minimum atomic E-state index is 0.894. The van der Waals surface area contributed by atoms with Gasteiger partial charge in [0.05, 0.1) is 0 Å². The molecule has 98 valence electrons. The molecule has 1 atom stereocenters. The van der Waals surface area contributed by atoms with Crippen LogP contribution < -0.4 is 5.32 Å². The smallest absolute Gasteiger partial charge is 0.0124 e. The van der Waals surface area contributed by atoms with Gasteiger partial charge in [0.15, 0.2) is 0 Å². The van der Waals surface area contributed by atoms with E-state index >= 15 is 0 Å². The summed E-state index contributed by atoms with van der Waals surface area (Å²) in [4.78, 5) is 0. The van der Waals surface area contributed by atoms with Crippen LogP contribution in [0, 0.1) is 5.92 Å². The van der Waals surface area contributed by atoms with Gasteiger partial charge in [-0.05, 0) is 25.5 Å². The lowest BCUT2D eigenvalue weighted by Gasteiger charge is -2.05. The summed E-state index contributed by atoms with van der Waals surface area (Å²) in [5.74, 6) is 0.894. The van der Waals surface area contributed by atoms with Crippen molar-refractivity contribution in [3.05, 3.63) is 0 Å². The summed E-state index contributed by atoms with van der Waals surface area (Å²) >= 11 is 0. The Bertz CT molecular complexity index is 126. The molecular formula is C14H32NP. The first kappa shape index (κ1) is 16.4. The fraction of sp³-hybridized carbons (Fsp3) is 1.00. The Kier molecular flexibility index (Phi) is 13.8. The predicted molar refractivity (Wildman–Crippen MR) is 78.9 cm³/mol. The molecule has 0 heterocycles. The Hall–Kier alpha value is 0.390. The monoisotopic (exact) mass is 245 g/mol. The normalized spacial score (nSPS) is 12.0. The minimum Gasteiger partial charge on any atom is -0.313 e. The molecular weight excluding hydrogens is 213 g/mol. The summed E-state index contributed by atoms with van der Waals surface area (Å²) in [6.45, 7) is 8.13. The van der Waals surface area contributed by atoms with Gasteiger partial charge in [0.1, 0.15) is 0 Å². The van der Waals surface area contributed by atoms with E-state index in [4.69, 9.17) is 0 Å². The Balaban J connectivity index is 2.88. The first-order valence-electron chi connectivity index (χ1n) is 7.12. The zero-order valence-corrected chi connectivity index (χ0v) is 12.6. The SMILES string of the molecule is CPCNCCCCCCCCCC(C)C. The van der Waals surface area contributed by atoms with Crippen LogP contribution >= 0.6 is 8.58 Å². The van der Waals surface area contributed by atoms with Crippen molar-refractivity contribution in [3.8, 4) is 0 Å². The van der Waals surface area contributed by atoms with Gasteiger partial charge in [0, 0.05) is 6.29 Å². The number of hydrogen-bond donors (Lipinski definition) is 1. The Labute approximate surface area is 105 Å². The van der Waals surface area contributed by atoms with Crippen LogP contribution in [0.2, 0.25) is 0 Å². The van der Waals surface area contributed by atoms with Crippen LogP contribution in [0.3, 0.4) is 0 Å². The third-order valence-electron chi connectivity index (χ3n) is 2.94. The highest BCUT2D eigenvalue weighted by atomic mass is 31.1. The van der Waals surface area contributed by atoms with Crippen molar-refractivity contribution in [2.24, 2.45) is 5.92 Å². The lowest BCUT2D eigenvalue weighted by Crippen LogP contribution is -2.12. The van der Waals surface area contributed by atoms with Crippen LogP contribution in [0.4, 0.5) is 0 Å². The summed E-state index contributed by atoms with van der Waals surface area (Å²) in [5, 5.41) is 3.47. The largest absolute Gasteiger partial charge is 0.313 e. The fourth-order valence-corrected chi connectivity index (χ4v) is 2.33. The van der Waals surface area contributed by atoms with Crippen molar-refractivity contribution in [2.45, 2.75) is 65.2 Å². The molecule has 0 aliphatic rings. The molecule has 0 aromatic heterocycles. The highest BCUT2D eigenvalue weighted by Gasteiger charge is 1.94. The van der Waals surface area contributed by atoms with Gasteiger partial charge in [0.2, 0.25) is 0 Å². The second-order valence-electron chi connectivity index (χ2n) is 5.19. The van der Waals surface area contributed by atoms with Crippen molar-refractivity contribution in [2.75, 3.05) is 19.5 Å². The van der Waals surface area contributed by atoms with Gasteiger partial charge in [-0.2, -0.15) is 0 Å². The molecule has 1 N–H and O–H groups in total. The topological polar surface area (TPSA) is 12.0 Å². The molecule has 1 unspecified atom stereocenters. The van der Waals surface area contributed by atoms with E-state index in [1.54, 1.807) is 0 Å². The second kappa shape index (κ2) is 13.5. The van der Waals surface area contributed by atoms with Crippen molar-refractivity contribution in [1.82, 2.24) is 5.32 Å². The van der Waals surface area contributed by atoms with Crippen molar-refractivity contribution in [3.63, 3.8) is 0 Å². The average Bonchev–Trinajstić information content (AvgIpc) is 2.25. The number of rotatable bonds is 12. The maximum absolute atomic E-state index is 3.47. The molecule has 0 rings (SSSR count). The van der Waals surface area contributed by atoms with Crippen molar-refractivity contribution >= 4 is 8.58 Å². The third-order valence-corrected chi connectivity index (χ3v) is 3.54. The maximum atomic E-state index is 3.47. The molecule has 16 heavy (non-hydrogen) atoms. The van der Waals surface area contributed by atoms with E-state index in [2.05, 4.69) is 25.8 Å². The van der Waals surface area contributed by atoms with Gasteiger partial charge in [-0.25, -0.2) is 0 Å². The van der Waals surface area contributed by atoms with Crippen LogP contribution in [0.25, 0.3) is 0 Å². The Morgan fingerprint density at radius 3 is 2.00 bits per heavy atom. The van der Waals surface area contributed by atoms with Crippen molar-refractivity contribution < 1.29 is 0 Å². The van der Waals surface area contributed by atoms with Gasteiger partial charge in [-0.3, -0.25) is 0 Å². The van der Waals surface area contributed by atoms with E-state index in [1.165, 1.54) is 64.2 Å². The molecule has 2 heteroatoms. The molecule has 0 aromatic carbocycles. The molecule has 0 aromatic rings. The predicted octanol–water partition coefficient (Wildman–Crippen LogP) is 4.62. The fourth-order valence-electron chi connectivity index (χ4n) is 1.90. The van der Waals surface area contributed by atoms with Crippen LogP contribution in [0.15, 0.2) is 0 Å². The first-order chi connectivity index (χ1) is 7.77. The number of unbranched alkanes of at least 4 members (excludes halogenated alkanes) is 6. The first-order valence-corrected chi connectivity index (χ1v) is 8.83. The molecule has 0 aliphatic carbocycles. The highest BCUT2D eigenvalue weighted by Crippen LogP contribution is 2.11. The van der Waals surface area contributed by atoms with Gasteiger partial charge in [0.25, 0.3) is 0 Å². The molecule has 0 radical (unpaired) electrons. The summed E-state index contributed by atoms with van der Waals surface area (Å²) in [6, 6.07) is 0. The lowest BCUT2D eigenvalue weighted by atomic mass is 10.0. The van der Waals surface area contributed by atoms with E-state index in [-0.39, 0.29) is 0 Å². The van der Waals surface area contributed by atoms with E-state index in [0.717, 1.165) is 14.5 Å². The standard InChI is InChI=1S/C14H32NP/c1-14(2)11-9-7-5-4-6-8-10-12-15-13-16-3/h14-16H,4-13H2,1-3H3. The maximum Gasteiger partial charge on any atom is 0.0124 e. The van der Waals surface area contributed by atoms with Gasteiger partial charge >= 0.3 is 0 Å². The summed E-state index contributed by atoms with van der Waals surface area (Å²) in [5.41, 5.74) is 0. The van der Waals surface area contributed by atoms with Crippen LogP contribution in [-0.4, -0.2) is 19.5 Å². The third kappa shape index (κ3) is 14.4. The molecule has 0 saturated heterocycles. The molecule has 0 saturated carbocycles.